The van der Waals surface area contributed by atoms with Gasteiger partial charge in [0.15, 0.2) is 0 Å². The Hall–Kier alpha value is -3.48. The first-order valence-electron chi connectivity index (χ1n) is 9.62. The lowest BCUT2D eigenvalue weighted by atomic mass is 10.1. The van der Waals surface area contributed by atoms with Crippen LogP contribution in [0.2, 0.25) is 0 Å². The van der Waals surface area contributed by atoms with Gasteiger partial charge in [-0.05, 0) is 49.6 Å². The van der Waals surface area contributed by atoms with Gasteiger partial charge in [0.1, 0.15) is 17.6 Å². The predicted octanol–water partition coefficient (Wildman–Crippen LogP) is 3.08. The van der Waals surface area contributed by atoms with Crippen LogP contribution in [0.25, 0.3) is 16.9 Å². The Kier molecular flexibility index (Phi) is 5.37. The standard InChI is InChI=1S/C22H21FN4O2/c23-16-9-11-17(12-10-16)27-20(14-19(26-27)15-6-2-1-3-7-15)22(29)25-18-8-4-5-13-24-21(18)28/h1-3,6-7,9-12,14,18H,4-5,8,13H2,(H,24,28)(H,25,29). The summed E-state index contributed by atoms with van der Waals surface area (Å²) in [5, 5.41) is 10.2. The van der Waals surface area contributed by atoms with E-state index in [9.17, 15) is 14.0 Å². The molecule has 1 saturated heterocycles. The van der Waals surface area contributed by atoms with Crippen molar-refractivity contribution >= 4 is 11.8 Å². The summed E-state index contributed by atoms with van der Waals surface area (Å²) in [5.74, 6) is -0.941. The maximum Gasteiger partial charge on any atom is 0.270 e. The molecular weight excluding hydrogens is 371 g/mol. The van der Waals surface area contributed by atoms with E-state index in [0.29, 0.717) is 24.3 Å². The molecule has 4 rings (SSSR count). The van der Waals surface area contributed by atoms with E-state index in [1.165, 1.54) is 16.8 Å². The number of nitrogens with zero attached hydrogens (tertiary/aromatic N) is 2. The van der Waals surface area contributed by atoms with Crippen LogP contribution >= 0.6 is 0 Å². The van der Waals surface area contributed by atoms with Gasteiger partial charge < -0.3 is 10.6 Å². The zero-order valence-corrected chi connectivity index (χ0v) is 15.8. The van der Waals surface area contributed by atoms with Crippen LogP contribution in [-0.2, 0) is 4.79 Å². The summed E-state index contributed by atoms with van der Waals surface area (Å²) in [5.41, 5.74) is 2.32. The van der Waals surface area contributed by atoms with Crippen molar-refractivity contribution in [2.45, 2.75) is 25.3 Å². The molecular formula is C22H21FN4O2. The monoisotopic (exact) mass is 392 g/mol. The first kappa shape index (κ1) is 18.9. The second kappa shape index (κ2) is 8.26. The van der Waals surface area contributed by atoms with Gasteiger partial charge in [0.25, 0.3) is 5.91 Å². The molecule has 2 aromatic carbocycles. The quantitative estimate of drug-likeness (QED) is 0.717. The molecule has 29 heavy (non-hydrogen) atoms. The number of aromatic nitrogens is 2. The molecule has 0 spiro atoms. The maximum atomic E-state index is 13.4. The van der Waals surface area contributed by atoms with Crippen molar-refractivity contribution < 1.29 is 14.0 Å². The van der Waals surface area contributed by atoms with Crippen molar-refractivity contribution in [3.8, 4) is 16.9 Å². The lowest BCUT2D eigenvalue weighted by Gasteiger charge is -2.15. The number of benzene rings is 2. The van der Waals surface area contributed by atoms with Crippen LogP contribution in [0.4, 0.5) is 4.39 Å². The summed E-state index contributed by atoms with van der Waals surface area (Å²) in [7, 11) is 0. The van der Waals surface area contributed by atoms with Crippen molar-refractivity contribution in [1.82, 2.24) is 20.4 Å². The van der Waals surface area contributed by atoms with E-state index >= 15 is 0 Å². The summed E-state index contributed by atoms with van der Waals surface area (Å²) in [6, 6.07) is 16.3. The molecule has 2 N–H and O–H groups in total. The van der Waals surface area contributed by atoms with E-state index < -0.39 is 11.9 Å². The molecule has 148 valence electrons. The Morgan fingerprint density at radius 2 is 1.86 bits per heavy atom. The first-order chi connectivity index (χ1) is 14.1. The van der Waals surface area contributed by atoms with Crippen molar-refractivity contribution in [3.63, 3.8) is 0 Å². The van der Waals surface area contributed by atoms with Crippen LogP contribution in [0.1, 0.15) is 29.8 Å². The molecule has 6 nitrogen and oxygen atoms in total. The summed E-state index contributed by atoms with van der Waals surface area (Å²) in [4.78, 5) is 25.3. The van der Waals surface area contributed by atoms with Crippen LogP contribution < -0.4 is 10.6 Å². The average molecular weight is 392 g/mol. The van der Waals surface area contributed by atoms with Crippen molar-refractivity contribution in [3.05, 3.63) is 72.2 Å². The highest BCUT2D eigenvalue weighted by Crippen LogP contribution is 2.22. The summed E-state index contributed by atoms with van der Waals surface area (Å²) >= 11 is 0. The third-order valence-electron chi connectivity index (χ3n) is 4.92. The van der Waals surface area contributed by atoms with Crippen LogP contribution in [0.15, 0.2) is 60.7 Å². The highest BCUT2D eigenvalue weighted by atomic mass is 19.1. The van der Waals surface area contributed by atoms with Gasteiger partial charge in [0.2, 0.25) is 5.91 Å². The van der Waals surface area contributed by atoms with Gasteiger partial charge in [-0.3, -0.25) is 9.59 Å². The fourth-order valence-corrected chi connectivity index (χ4v) is 3.38. The molecule has 1 aromatic heterocycles. The number of carbonyl (C=O) groups excluding carboxylic acids is 2. The molecule has 2 amide bonds. The van der Waals surface area contributed by atoms with Gasteiger partial charge in [-0.2, -0.15) is 5.10 Å². The summed E-state index contributed by atoms with van der Waals surface area (Å²) in [6.07, 6.45) is 2.34. The van der Waals surface area contributed by atoms with Gasteiger partial charge in [-0.15, -0.1) is 0 Å². The van der Waals surface area contributed by atoms with E-state index in [1.807, 2.05) is 30.3 Å². The van der Waals surface area contributed by atoms with Crippen molar-refractivity contribution in [1.29, 1.82) is 0 Å². The van der Waals surface area contributed by atoms with E-state index in [0.717, 1.165) is 18.4 Å². The molecule has 0 aliphatic carbocycles. The molecule has 1 unspecified atom stereocenters. The molecule has 1 fully saturated rings. The van der Waals surface area contributed by atoms with Crippen molar-refractivity contribution in [2.24, 2.45) is 0 Å². The largest absolute Gasteiger partial charge is 0.354 e. The average Bonchev–Trinajstić information content (AvgIpc) is 3.09. The predicted molar refractivity (Wildman–Crippen MR) is 107 cm³/mol. The van der Waals surface area contributed by atoms with E-state index in [1.54, 1.807) is 18.2 Å². The third-order valence-corrected chi connectivity index (χ3v) is 4.92. The number of hydrogen-bond donors (Lipinski definition) is 2. The minimum Gasteiger partial charge on any atom is -0.354 e. The van der Waals surface area contributed by atoms with Gasteiger partial charge in [0, 0.05) is 12.1 Å². The first-order valence-corrected chi connectivity index (χ1v) is 9.62. The number of nitrogens with one attached hydrogen (secondary N) is 2. The molecule has 3 aromatic rings. The number of hydrogen-bond acceptors (Lipinski definition) is 3. The highest BCUT2D eigenvalue weighted by molar-refractivity contribution is 5.97. The molecule has 0 saturated carbocycles. The maximum absolute atomic E-state index is 13.4. The second-order valence-electron chi connectivity index (χ2n) is 6.98. The highest BCUT2D eigenvalue weighted by Gasteiger charge is 2.25. The zero-order chi connectivity index (χ0) is 20.2. The Bertz CT molecular complexity index is 1020. The Morgan fingerprint density at radius 3 is 2.62 bits per heavy atom. The smallest absolute Gasteiger partial charge is 0.270 e. The third kappa shape index (κ3) is 4.18. The fraction of sp³-hybridized carbons (Fsp3) is 0.227. The number of amides is 2. The summed E-state index contributed by atoms with van der Waals surface area (Å²) < 4.78 is 14.8. The van der Waals surface area contributed by atoms with Crippen LogP contribution in [0.3, 0.4) is 0 Å². The van der Waals surface area contributed by atoms with Crippen LogP contribution in [0, 0.1) is 5.82 Å². The number of rotatable bonds is 4. The Morgan fingerprint density at radius 1 is 1.10 bits per heavy atom. The Balaban J connectivity index is 1.70. The SMILES string of the molecule is O=C(NC1CCCCNC1=O)c1cc(-c2ccccc2)nn1-c1ccc(F)cc1. The lowest BCUT2D eigenvalue weighted by molar-refractivity contribution is -0.122. The molecule has 0 radical (unpaired) electrons. The van der Waals surface area contributed by atoms with Crippen LogP contribution in [-0.4, -0.2) is 34.2 Å². The van der Waals surface area contributed by atoms with E-state index in [4.69, 9.17) is 0 Å². The van der Waals surface area contributed by atoms with Gasteiger partial charge in [-0.25, -0.2) is 9.07 Å². The van der Waals surface area contributed by atoms with Gasteiger partial charge in [-0.1, -0.05) is 30.3 Å². The molecule has 2 heterocycles. The summed E-state index contributed by atoms with van der Waals surface area (Å²) in [6.45, 7) is 0.622. The lowest BCUT2D eigenvalue weighted by Crippen LogP contribution is -2.45. The zero-order valence-electron chi connectivity index (χ0n) is 15.8. The molecule has 1 aliphatic rings. The molecule has 1 aliphatic heterocycles. The van der Waals surface area contributed by atoms with Crippen molar-refractivity contribution in [2.75, 3.05) is 6.54 Å². The normalized spacial score (nSPS) is 16.7. The van der Waals surface area contributed by atoms with Crippen LogP contribution in [0.5, 0.6) is 0 Å². The van der Waals surface area contributed by atoms with Gasteiger partial charge >= 0.3 is 0 Å². The molecule has 7 heteroatoms. The van der Waals surface area contributed by atoms with E-state index in [-0.39, 0.29) is 17.4 Å². The minimum atomic E-state index is -0.582. The number of halogens is 1. The topological polar surface area (TPSA) is 76.0 Å². The second-order valence-corrected chi connectivity index (χ2v) is 6.98. The van der Waals surface area contributed by atoms with E-state index in [2.05, 4.69) is 15.7 Å². The minimum absolute atomic E-state index is 0.174. The molecule has 1 atom stereocenters. The number of carbonyl (C=O) groups is 2. The Labute approximate surface area is 167 Å². The van der Waals surface area contributed by atoms with Gasteiger partial charge in [0.05, 0.1) is 11.4 Å². The fourth-order valence-electron chi connectivity index (χ4n) is 3.38. The molecule has 0 bridgehead atoms.